The van der Waals surface area contributed by atoms with Gasteiger partial charge in [0, 0.05) is 16.8 Å². The number of ether oxygens (including phenoxy) is 2. The fraction of sp³-hybridized carbons (Fsp3) is 0.190. The Hall–Kier alpha value is -3.57. The molecule has 0 unspecified atom stereocenters. The molecule has 0 fully saturated rings. The second-order valence-corrected chi connectivity index (χ2v) is 8.46. The van der Waals surface area contributed by atoms with Gasteiger partial charge in [-0.05, 0) is 55.9 Å². The number of fused-ring (bicyclic) bond motifs is 2. The molecule has 2 aromatic heterocycles. The molecule has 0 saturated heterocycles. The predicted octanol–water partition coefficient (Wildman–Crippen LogP) is 3.37. The third-order valence-electron chi connectivity index (χ3n) is 4.99. The Morgan fingerprint density at radius 1 is 1.12 bits per heavy atom. The Bertz CT molecular complexity index is 1360. The zero-order valence-corrected chi connectivity index (χ0v) is 18.8. The molecule has 0 spiro atoms. The van der Waals surface area contributed by atoms with Crippen molar-refractivity contribution < 1.29 is 14.3 Å². The average Bonchev–Trinajstić information content (AvgIpc) is 3.36. The van der Waals surface area contributed by atoms with Crippen molar-refractivity contribution in [2.45, 2.75) is 13.8 Å². The highest BCUT2D eigenvalue weighted by Crippen LogP contribution is 2.32. The smallest absolute Gasteiger partial charge is 0.257 e. The van der Waals surface area contributed by atoms with E-state index in [0.717, 1.165) is 32.6 Å². The third-order valence-corrected chi connectivity index (χ3v) is 6.13. The van der Waals surface area contributed by atoms with Gasteiger partial charge >= 0.3 is 0 Å². The molecule has 4 aromatic rings. The number of aromatic nitrogens is 4. The van der Waals surface area contributed by atoms with E-state index >= 15 is 0 Å². The van der Waals surface area contributed by atoms with Crippen molar-refractivity contribution in [3.8, 4) is 22.1 Å². The van der Waals surface area contributed by atoms with Crippen molar-refractivity contribution >= 4 is 45.2 Å². The van der Waals surface area contributed by atoms with Gasteiger partial charge < -0.3 is 14.8 Å². The number of hydrogen-bond acceptors (Lipinski definition) is 8. The number of benzene rings is 2. The summed E-state index contributed by atoms with van der Waals surface area (Å²) in [6.45, 7) is 4.78. The fourth-order valence-electron chi connectivity index (χ4n) is 3.34. The lowest BCUT2D eigenvalue weighted by atomic mass is 10.1. The van der Waals surface area contributed by atoms with E-state index in [2.05, 4.69) is 25.9 Å². The van der Waals surface area contributed by atoms with Crippen LogP contribution in [0.15, 0.2) is 36.4 Å². The highest BCUT2D eigenvalue weighted by Gasteiger charge is 2.17. The van der Waals surface area contributed by atoms with Crippen molar-refractivity contribution in [3.63, 3.8) is 0 Å². The average molecular weight is 467 g/mol. The van der Waals surface area contributed by atoms with E-state index in [1.807, 2.05) is 32.0 Å². The van der Waals surface area contributed by atoms with Crippen LogP contribution >= 0.6 is 23.6 Å². The number of nitrogens with one attached hydrogen (secondary N) is 2. The summed E-state index contributed by atoms with van der Waals surface area (Å²) in [5.74, 6) is 1.57. The SMILES string of the molecule is Cc1c(NC(=S)NC(=O)c2ccc3c(c2)OCCO3)cccc1-c1nn2c(C)nnc2s1. The second-order valence-electron chi connectivity index (χ2n) is 7.09. The van der Waals surface area contributed by atoms with Crippen molar-refractivity contribution in [1.82, 2.24) is 25.1 Å². The Morgan fingerprint density at radius 3 is 2.75 bits per heavy atom. The van der Waals surface area contributed by atoms with Crippen LogP contribution < -0.4 is 20.1 Å². The molecule has 3 heterocycles. The molecule has 11 heteroatoms. The zero-order valence-electron chi connectivity index (χ0n) is 17.2. The van der Waals surface area contributed by atoms with E-state index in [1.54, 1.807) is 22.7 Å². The van der Waals surface area contributed by atoms with Crippen LogP contribution in [-0.4, -0.2) is 44.0 Å². The van der Waals surface area contributed by atoms with Gasteiger partial charge in [-0.15, -0.1) is 10.2 Å². The first-order chi connectivity index (χ1) is 15.5. The molecule has 5 rings (SSSR count). The summed E-state index contributed by atoms with van der Waals surface area (Å²) in [6, 6.07) is 10.8. The number of anilines is 1. The maximum Gasteiger partial charge on any atom is 0.257 e. The third kappa shape index (κ3) is 3.76. The van der Waals surface area contributed by atoms with Gasteiger partial charge in [-0.2, -0.15) is 9.61 Å². The van der Waals surface area contributed by atoms with Crippen LogP contribution in [0.2, 0.25) is 0 Å². The van der Waals surface area contributed by atoms with E-state index in [9.17, 15) is 4.79 Å². The lowest BCUT2D eigenvalue weighted by Gasteiger charge is -2.19. The molecule has 32 heavy (non-hydrogen) atoms. The fourth-order valence-corrected chi connectivity index (χ4v) is 4.51. The van der Waals surface area contributed by atoms with Gasteiger partial charge in [0.15, 0.2) is 22.4 Å². The molecule has 1 aliphatic rings. The van der Waals surface area contributed by atoms with Crippen molar-refractivity contribution in [2.24, 2.45) is 0 Å². The first kappa shape index (κ1) is 20.3. The van der Waals surface area contributed by atoms with E-state index in [4.69, 9.17) is 21.7 Å². The monoisotopic (exact) mass is 466 g/mol. The Balaban J connectivity index is 1.32. The van der Waals surface area contributed by atoms with Crippen molar-refractivity contribution in [2.75, 3.05) is 18.5 Å². The lowest BCUT2D eigenvalue weighted by Crippen LogP contribution is -2.34. The van der Waals surface area contributed by atoms with E-state index in [-0.39, 0.29) is 11.0 Å². The lowest BCUT2D eigenvalue weighted by molar-refractivity contribution is 0.0976. The number of carbonyl (C=O) groups is 1. The number of amides is 1. The Morgan fingerprint density at radius 2 is 1.94 bits per heavy atom. The minimum atomic E-state index is -0.336. The summed E-state index contributed by atoms with van der Waals surface area (Å²) in [5.41, 5.74) is 3.11. The van der Waals surface area contributed by atoms with Crippen LogP contribution in [0.3, 0.4) is 0 Å². The van der Waals surface area contributed by atoms with Gasteiger partial charge in [0.2, 0.25) is 4.96 Å². The second kappa shape index (κ2) is 8.17. The maximum absolute atomic E-state index is 12.6. The summed E-state index contributed by atoms with van der Waals surface area (Å²) >= 11 is 6.83. The zero-order chi connectivity index (χ0) is 22.2. The van der Waals surface area contributed by atoms with Crippen LogP contribution in [0.1, 0.15) is 21.7 Å². The van der Waals surface area contributed by atoms with Gasteiger partial charge in [0.25, 0.3) is 5.91 Å². The molecule has 0 aliphatic carbocycles. The minimum absolute atomic E-state index is 0.194. The molecule has 2 N–H and O–H groups in total. The highest BCUT2D eigenvalue weighted by atomic mass is 32.1. The van der Waals surface area contributed by atoms with Gasteiger partial charge in [0.05, 0.1) is 0 Å². The molecule has 1 amide bonds. The van der Waals surface area contributed by atoms with Gasteiger partial charge in [0.1, 0.15) is 18.2 Å². The molecule has 2 aromatic carbocycles. The van der Waals surface area contributed by atoms with Crippen molar-refractivity contribution in [1.29, 1.82) is 0 Å². The number of rotatable bonds is 3. The highest BCUT2D eigenvalue weighted by molar-refractivity contribution is 7.80. The van der Waals surface area contributed by atoms with Gasteiger partial charge in [-0.25, -0.2) is 0 Å². The van der Waals surface area contributed by atoms with Crippen LogP contribution in [0.25, 0.3) is 15.5 Å². The van der Waals surface area contributed by atoms with E-state index in [1.165, 1.54) is 11.3 Å². The van der Waals surface area contributed by atoms with Crippen LogP contribution in [0.5, 0.6) is 11.5 Å². The largest absolute Gasteiger partial charge is 0.486 e. The molecule has 0 bridgehead atoms. The standard InChI is InChI=1S/C21H18N6O3S2/c1-11-14(19-26-27-12(2)24-25-21(27)32-19)4-3-5-15(11)22-20(31)23-18(28)13-6-7-16-17(10-13)30-9-8-29-16/h3-7,10H,8-9H2,1-2H3,(H2,22,23,28,31). The number of hydrogen-bond donors (Lipinski definition) is 2. The molecule has 0 atom stereocenters. The van der Waals surface area contributed by atoms with E-state index in [0.29, 0.717) is 30.3 Å². The number of nitrogens with zero attached hydrogens (tertiary/aromatic N) is 4. The normalized spacial score (nSPS) is 12.6. The van der Waals surface area contributed by atoms with Crippen molar-refractivity contribution in [3.05, 3.63) is 53.3 Å². The molecule has 0 saturated carbocycles. The van der Waals surface area contributed by atoms with Crippen LogP contribution in [0.4, 0.5) is 5.69 Å². The Kier molecular flexibility index (Phi) is 5.19. The van der Waals surface area contributed by atoms with Gasteiger partial charge in [-0.1, -0.05) is 23.5 Å². The first-order valence-electron chi connectivity index (χ1n) is 9.80. The summed E-state index contributed by atoms with van der Waals surface area (Å²) in [5, 5.41) is 19.6. The summed E-state index contributed by atoms with van der Waals surface area (Å²) in [6.07, 6.45) is 0. The molecule has 162 valence electrons. The summed E-state index contributed by atoms with van der Waals surface area (Å²) < 4.78 is 12.8. The summed E-state index contributed by atoms with van der Waals surface area (Å²) in [7, 11) is 0. The quantitative estimate of drug-likeness (QED) is 0.443. The van der Waals surface area contributed by atoms with Crippen LogP contribution in [0, 0.1) is 13.8 Å². The predicted molar refractivity (Wildman–Crippen MR) is 125 cm³/mol. The first-order valence-corrected chi connectivity index (χ1v) is 11.0. The summed E-state index contributed by atoms with van der Waals surface area (Å²) in [4.78, 5) is 13.4. The molecule has 9 nitrogen and oxygen atoms in total. The molecule has 1 aliphatic heterocycles. The number of carbonyl (C=O) groups excluding carboxylic acids is 1. The molecule has 0 radical (unpaired) electrons. The Labute approximate surface area is 192 Å². The van der Waals surface area contributed by atoms with E-state index < -0.39 is 0 Å². The minimum Gasteiger partial charge on any atom is -0.486 e. The molecular weight excluding hydrogens is 448 g/mol. The van der Waals surface area contributed by atoms with Crippen LogP contribution in [-0.2, 0) is 0 Å². The number of aryl methyl sites for hydroxylation is 1. The maximum atomic E-state index is 12.6. The number of thiocarbonyl (C=S) groups is 1. The van der Waals surface area contributed by atoms with Gasteiger partial charge in [-0.3, -0.25) is 10.1 Å². The molecular formula is C21H18N6O3S2. The topological polar surface area (TPSA) is 103 Å².